The molecule has 0 amide bonds. The molecule has 0 spiro atoms. The summed E-state index contributed by atoms with van der Waals surface area (Å²) in [5.41, 5.74) is 3.76. The van der Waals surface area contributed by atoms with Crippen LogP contribution in [0, 0.1) is 22.9 Å². The first-order chi connectivity index (χ1) is 22.3. The van der Waals surface area contributed by atoms with Crippen molar-refractivity contribution in [3.63, 3.8) is 0 Å². The molecule has 5 rings (SSSR count). The lowest BCUT2D eigenvalue weighted by atomic mass is 10.1. The Hall–Kier alpha value is -5.02. The van der Waals surface area contributed by atoms with Gasteiger partial charge in [-0.2, -0.15) is 13.2 Å². The largest absolute Gasteiger partial charge is 0.502 e. The number of aromatic hydroxyl groups is 1. The molecule has 1 atom stereocenters. The molecule has 248 valence electrons. The van der Waals surface area contributed by atoms with Crippen LogP contribution < -0.4 is 21.9 Å². The van der Waals surface area contributed by atoms with Gasteiger partial charge in [0.15, 0.2) is 5.75 Å². The number of rotatable bonds is 9. The van der Waals surface area contributed by atoms with Crippen LogP contribution in [0.2, 0.25) is 0 Å². The van der Waals surface area contributed by atoms with E-state index in [9.17, 15) is 42.4 Å². The van der Waals surface area contributed by atoms with Crippen molar-refractivity contribution in [1.82, 2.24) is 14.0 Å². The molecular formula is C32H32F4N6O5. The van der Waals surface area contributed by atoms with Crippen molar-refractivity contribution < 1.29 is 27.6 Å². The van der Waals surface area contributed by atoms with Gasteiger partial charge in [-0.3, -0.25) is 28.9 Å². The topological polar surface area (TPSA) is 140 Å². The van der Waals surface area contributed by atoms with Crippen LogP contribution >= 0.6 is 0 Å². The number of hydrogen-bond donors (Lipinski definition) is 2. The van der Waals surface area contributed by atoms with Crippen LogP contribution in [-0.4, -0.2) is 50.2 Å². The summed E-state index contributed by atoms with van der Waals surface area (Å²) in [6.45, 7) is 2.02. The Morgan fingerprint density at radius 1 is 0.957 bits per heavy atom. The van der Waals surface area contributed by atoms with Crippen molar-refractivity contribution in [2.24, 2.45) is 5.73 Å². The van der Waals surface area contributed by atoms with Crippen molar-refractivity contribution in [2.75, 3.05) is 31.1 Å². The molecule has 4 aromatic rings. The van der Waals surface area contributed by atoms with E-state index in [0.29, 0.717) is 30.8 Å². The van der Waals surface area contributed by atoms with Crippen molar-refractivity contribution in [1.29, 1.82) is 0 Å². The van der Waals surface area contributed by atoms with E-state index >= 15 is 0 Å². The standard InChI is InChI=1S/C32H32F4N6O5/c1-20-29(39-14-12-38(13-15-39)17-21-10-11-28(43)27(16-21)42(46)47)30(44)41(19-26(37)22-6-3-2-4-7-22)31(45)40(20)18-23-24(32(34,35)36)8-5-9-25(23)33/h2-11,16,26,43H,12-15,17-19,37H2,1H3/t26-/m0/s1. The molecule has 1 saturated heterocycles. The van der Waals surface area contributed by atoms with Crippen LogP contribution in [-0.2, 0) is 25.8 Å². The SMILES string of the molecule is Cc1c(N2CCN(Cc3ccc(O)c([N+](=O)[O-])c3)CC2)c(=O)n(C[C@H](N)c2ccccc2)c(=O)n1Cc1c(F)cccc1C(F)(F)F. The summed E-state index contributed by atoms with van der Waals surface area (Å²) in [5.74, 6) is -1.59. The number of alkyl halides is 3. The summed E-state index contributed by atoms with van der Waals surface area (Å²) in [7, 11) is 0. The minimum atomic E-state index is -4.89. The van der Waals surface area contributed by atoms with E-state index in [1.165, 1.54) is 19.1 Å². The third kappa shape index (κ3) is 7.05. The molecule has 0 aliphatic carbocycles. The highest BCUT2D eigenvalue weighted by Crippen LogP contribution is 2.34. The molecule has 0 saturated carbocycles. The monoisotopic (exact) mass is 656 g/mol. The third-order valence-electron chi connectivity index (χ3n) is 8.34. The van der Waals surface area contributed by atoms with Crippen molar-refractivity contribution in [2.45, 2.75) is 38.8 Å². The highest BCUT2D eigenvalue weighted by molar-refractivity contribution is 5.50. The minimum Gasteiger partial charge on any atom is -0.502 e. The maximum Gasteiger partial charge on any atom is 0.416 e. The summed E-state index contributed by atoms with van der Waals surface area (Å²) < 4.78 is 58.5. The Kier molecular flexibility index (Phi) is 9.49. The Morgan fingerprint density at radius 2 is 1.64 bits per heavy atom. The lowest BCUT2D eigenvalue weighted by Gasteiger charge is -2.37. The normalized spacial score (nSPS) is 14.7. The Morgan fingerprint density at radius 3 is 2.28 bits per heavy atom. The number of nitro groups is 1. The zero-order chi connectivity index (χ0) is 34.0. The second kappa shape index (κ2) is 13.4. The van der Waals surface area contributed by atoms with E-state index in [-0.39, 0.29) is 31.0 Å². The number of nitrogens with zero attached hydrogens (tertiary/aromatic N) is 5. The zero-order valence-corrected chi connectivity index (χ0v) is 25.3. The second-order valence-corrected chi connectivity index (χ2v) is 11.3. The molecule has 1 aliphatic heterocycles. The molecule has 0 radical (unpaired) electrons. The van der Waals surface area contributed by atoms with Crippen molar-refractivity contribution in [3.8, 4) is 5.75 Å². The van der Waals surface area contributed by atoms with Gasteiger partial charge in [0.05, 0.1) is 23.6 Å². The van der Waals surface area contributed by atoms with Gasteiger partial charge in [0.2, 0.25) is 0 Å². The second-order valence-electron chi connectivity index (χ2n) is 11.3. The number of halogens is 4. The summed E-state index contributed by atoms with van der Waals surface area (Å²) in [6, 6.07) is 14.6. The number of phenolic OH excluding ortho intramolecular Hbond substituents is 1. The van der Waals surface area contributed by atoms with Gasteiger partial charge in [0.1, 0.15) is 11.5 Å². The quantitative estimate of drug-likeness (QED) is 0.156. The molecule has 2 heterocycles. The van der Waals surface area contributed by atoms with Gasteiger partial charge in [-0.1, -0.05) is 42.5 Å². The Bertz CT molecular complexity index is 1900. The van der Waals surface area contributed by atoms with Crippen LogP contribution in [0.25, 0.3) is 0 Å². The predicted molar refractivity (Wildman–Crippen MR) is 166 cm³/mol. The Balaban J connectivity index is 1.51. The summed E-state index contributed by atoms with van der Waals surface area (Å²) in [6.07, 6.45) is -4.89. The van der Waals surface area contributed by atoms with Gasteiger partial charge >= 0.3 is 17.6 Å². The molecular weight excluding hydrogens is 624 g/mol. The molecule has 3 aromatic carbocycles. The minimum absolute atomic E-state index is 0.0727. The van der Waals surface area contributed by atoms with E-state index in [1.54, 1.807) is 41.3 Å². The van der Waals surface area contributed by atoms with Crippen LogP contribution in [0.1, 0.15) is 34.0 Å². The molecule has 3 N–H and O–H groups in total. The number of nitro benzene ring substituents is 1. The molecule has 1 fully saturated rings. The lowest BCUT2D eigenvalue weighted by molar-refractivity contribution is -0.385. The van der Waals surface area contributed by atoms with E-state index in [2.05, 4.69) is 0 Å². The molecule has 1 aliphatic rings. The van der Waals surface area contributed by atoms with Gasteiger partial charge in [-0.05, 0) is 36.2 Å². The molecule has 11 nitrogen and oxygen atoms in total. The number of aromatic nitrogens is 2. The van der Waals surface area contributed by atoms with Gasteiger partial charge in [0.25, 0.3) is 5.56 Å². The van der Waals surface area contributed by atoms with Crippen LogP contribution in [0.3, 0.4) is 0 Å². The summed E-state index contributed by atoms with van der Waals surface area (Å²) >= 11 is 0. The third-order valence-corrected chi connectivity index (χ3v) is 8.34. The lowest BCUT2D eigenvalue weighted by Crippen LogP contribution is -2.51. The number of nitrogens with two attached hydrogens (primary N) is 1. The van der Waals surface area contributed by atoms with Crippen LogP contribution in [0.4, 0.5) is 28.9 Å². The first-order valence-corrected chi connectivity index (χ1v) is 14.7. The van der Waals surface area contributed by atoms with Gasteiger partial charge < -0.3 is 15.7 Å². The maximum absolute atomic E-state index is 14.9. The highest BCUT2D eigenvalue weighted by atomic mass is 19.4. The van der Waals surface area contributed by atoms with Crippen molar-refractivity contribution in [3.05, 3.63) is 131 Å². The Labute approximate surface area is 265 Å². The summed E-state index contributed by atoms with van der Waals surface area (Å²) in [4.78, 5) is 42.1. The van der Waals surface area contributed by atoms with Crippen molar-refractivity contribution >= 4 is 11.4 Å². The number of benzene rings is 3. The molecule has 1 aromatic heterocycles. The van der Waals surface area contributed by atoms with Gasteiger partial charge in [-0.15, -0.1) is 0 Å². The van der Waals surface area contributed by atoms with Crippen LogP contribution in [0.15, 0.2) is 76.3 Å². The van der Waals surface area contributed by atoms with E-state index in [4.69, 9.17) is 5.73 Å². The average molecular weight is 657 g/mol. The number of anilines is 1. The van der Waals surface area contributed by atoms with Gasteiger partial charge in [-0.25, -0.2) is 9.18 Å². The number of piperazine rings is 1. The first-order valence-electron chi connectivity index (χ1n) is 14.7. The number of phenols is 1. The molecule has 0 unspecified atom stereocenters. The maximum atomic E-state index is 14.9. The first kappa shape index (κ1) is 33.3. The van der Waals surface area contributed by atoms with E-state index in [0.717, 1.165) is 27.3 Å². The zero-order valence-electron chi connectivity index (χ0n) is 25.3. The fourth-order valence-electron chi connectivity index (χ4n) is 5.84. The van der Waals surface area contributed by atoms with E-state index in [1.807, 2.05) is 4.90 Å². The number of hydrogen-bond acceptors (Lipinski definition) is 8. The molecule has 47 heavy (non-hydrogen) atoms. The fourth-order valence-corrected chi connectivity index (χ4v) is 5.84. The van der Waals surface area contributed by atoms with Gasteiger partial charge in [0, 0.05) is 56.1 Å². The smallest absolute Gasteiger partial charge is 0.416 e. The molecule has 0 bridgehead atoms. The summed E-state index contributed by atoms with van der Waals surface area (Å²) in [5, 5.41) is 21.0. The average Bonchev–Trinajstić information content (AvgIpc) is 3.03. The highest BCUT2D eigenvalue weighted by Gasteiger charge is 2.35. The predicted octanol–water partition coefficient (Wildman–Crippen LogP) is 4.16. The van der Waals surface area contributed by atoms with Crippen LogP contribution in [0.5, 0.6) is 5.75 Å². The van der Waals surface area contributed by atoms with E-state index < -0.39 is 63.3 Å². The molecule has 15 heteroatoms. The fraction of sp³-hybridized carbons (Fsp3) is 0.312.